The van der Waals surface area contributed by atoms with Crippen molar-refractivity contribution in [2.75, 3.05) is 6.54 Å². The Morgan fingerprint density at radius 3 is 2.42 bits per heavy atom. The zero-order valence-corrected chi connectivity index (χ0v) is 13.2. The normalized spacial score (nSPS) is 40.6. The fraction of sp³-hybridized carbons (Fsp3) is 1.00. The van der Waals surface area contributed by atoms with Gasteiger partial charge >= 0.3 is 0 Å². The lowest BCUT2D eigenvalue weighted by Gasteiger charge is -2.41. The van der Waals surface area contributed by atoms with Crippen LogP contribution in [0.15, 0.2) is 0 Å². The van der Waals surface area contributed by atoms with Crippen LogP contribution in [0.25, 0.3) is 0 Å². The monoisotopic (exact) mass is 266 g/mol. The lowest BCUT2D eigenvalue weighted by atomic mass is 9.65. The molecular formula is C17H34N2. The molecule has 2 fully saturated rings. The summed E-state index contributed by atoms with van der Waals surface area (Å²) in [4.78, 5) is 0. The Morgan fingerprint density at radius 1 is 1.11 bits per heavy atom. The molecule has 2 aliphatic rings. The third-order valence-electron chi connectivity index (χ3n) is 6.16. The van der Waals surface area contributed by atoms with Crippen LogP contribution < -0.4 is 11.5 Å². The van der Waals surface area contributed by atoms with Crippen molar-refractivity contribution < 1.29 is 0 Å². The largest absolute Gasteiger partial charge is 0.330 e. The van der Waals surface area contributed by atoms with E-state index in [1.165, 1.54) is 44.9 Å². The topological polar surface area (TPSA) is 52.0 Å². The maximum Gasteiger partial charge on any atom is 0.00722 e. The van der Waals surface area contributed by atoms with Crippen molar-refractivity contribution >= 4 is 0 Å². The molecule has 19 heavy (non-hydrogen) atoms. The second-order valence-electron chi connectivity index (χ2n) is 8.05. The highest BCUT2D eigenvalue weighted by Gasteiger charge is 2.39. The number of hydrogen-bond acceptors (Lipinski definition) is 2. The van der Waals surface area contributed by atoms with Crippen molar-refractivity contribution in [1.82, 2.24) is 0 Å². The van der Waals surface area contributed by atoms with Gasteiger partial charge in [0.1, 0.15) is 0 Å². The average molecular weight is 266 g/mol. The van der Waals surface area contributed by atoms with E-state index in [0.29, 0.717) is 11.5 Å². The predicted octanol–water partition coefficient (Wildman–Crippen LogP) is 3.54. The van der Waals surface area contributed by atoms with Crippen LogP contribution in [0.1, 0.15) is 65.7 Å². The second kappa shape index (κ2) is 6.13. The van der Waals surface area contributed by atoms with E-state index in [0.717, 1.165) is 30.2 Å². The van der Waals surface area contributed by atoms with Crippen LogP contribution in [-0.4, -0.2) is 12.6 Å². The molecule has 2 rings (SSSR count). The Balaban J connectivity index is 1.92. The van der Waals surface area contributed by atoms with E-state index < -0.39 is 0 Å². The smallest absolute Gasteiger partial charge is 0.00722 e. The van der Waals surface area contributed by atoms with E-state index >= 15 is 0 Å². The van der Waals surface area contributed by atoms with Crippen LogP contribution in [-0.2, 0) is 0 Å². The molecule has 0 radical (unpaired) electrons. The van der Waals surface area contributed by atoms with Crippen LogP contribution >= 0.6 is 0 Å². The Labute approximate surface area is 119 Å². The summed E-state index contributed by atoms with van der Waals surface area (Å²) in [6, 6.07) is 0.447. The van der Waals surface area contributed by atoms with Gasteiger partial charge in [-0.2, -0.15) is 0 Å². The Morgan fingerprint density at radius 2 is 1.84 bits per heavy atom. The summed E-state index contributed by atoms with van der Waals surface area (Å²) in [5, 5.41) is 0. The van der Waals surface area contributed by atoms with Gasteiger partial charge in [-0.15, -0.1) is 0 Å². The van der Waals surface area contributed by atoms with Crippen LogP contribution in [0.2, 0.25) is 0 Å². The highest BCUT2D eigenvalue weighted by molar-refractivity contribution is 4.92. The SMILES string of the molecule is C[C@@H]1CCC(CC(C)(C)[C@@H]2CCC[C@@H]2N)C[C@@H]1CN. The van der Waals surface area contributed by atoms with Crippen LogP contribution in [0.5, 0.6) is 0 Å². The van der Waals surface area contributed by atoms with E-state index in [1.807, 2.05) is 0 Å². The quantitative estimate of drug-likeness (QED) is 0.817. The molecule has 112 valence electrons. The molecular weight excluding hydrogens is 232 g/mol. The minimum absolute atomic E-state index is 0.417. The molecule has 2 heteroatoms. The molecule has 0 amide bonds. The zero-order valence-electron chi connectivity index (χ0n) is 13.2. The molecule has 5 atom stereocenters. The second-order valence-corrected chi connectivity index (χ2v) is 8.05. The summed E-state index contributed by atoms with van der Waals surface area (Å²) in [7, 11) is 0. The molecule has 0 heterocycles. The van der Waals surface area contributed by atoms with Gasteiger partial charge in [-0.1, -0.05) is 40.0 Å². The minimum Gasteiger partial charge on any atom is -0.330 e. The number of hydrogen-bond donors (Lipinski definition) is 2. The summed E-state index contributed by atoms with van der Waals surface area (Å²) >= 11 is 0. The number of nitrogens with two attached hydrogens (primary N) is 2. The summed E-state index contributed by atoms with van der Waals surface area (Å²) in [6.07, 6.45) is 9.40. The van der Waals surface area contributed by atoms with E-state index in [1.54, 1.807) is 0 Å². The molecule has 2 aliphatic carbocycles. The molecule has 0 saturated heterocycles. The summed E-state index contributed by atoms with van der Waals surface area (Å²) in [5.41, 5.74) is 12.7. The summed E-state index contributed by atoms with van der Waals surface area (Å²) in [6.45, 7) is 8.17. The lowest BCUT2D eigenvalue weighted by molar-refractivity contribution is 0.104. The Kier molecular flexibility index (Phi) is 4.94. The molecule has 0 aromatic rings. The van der Waals surface area contributed by atoms with Crippen molar-refractivity contribution in [3.8, 4) is 0 Å². The minimum atomic E-state index is 0.417. The molecule has 0 aromatic heterocycles. The lowest BCUT2D eigenvalue weighted by Crippen LogP contribution is -2.38. The van der Waals surface area contributed by atoms with Crippen LogP contribution in [0.3, 0.4) is 0 Å². The van der Waals surface area contributed by atoms with E-state index in [4.69, 9.17) is 11.5 Å². The maximum absolute atomic E-state index is 6.33. The van der Waals surface area contributed by atoms with E-state index in [-0.39, 0.29) is 0 Å². The highest BCUT2D eigenvalue weighted by atomic mass is 14.7. The first-order valence-electron chi connectivity index (χ1n) is 8.39. The third kappa shape index (κ3) is 3.52. The van der Waals surface area contributed by atoms with Gasteiger partial charge < -0.3 is 11.5 Å². The fourth-order valence-electron chi connectivity index (χ4n) is 4.88. The molecule has 2 nitrogen and oxygen atoms in total. The fourth-order valence-corrected chi connectivity index (χ4v) is 4.88. The maximum atomic E-state index is 6.33. The first-order valence-corrected chi connectivity index (χ1v) is 8.39. The summed E-state index contributed by atoms with van der Waals surface area (Å²) < 4.78 is 0. The van der Waals surface area contributed by atoms with Gasteiger partial charge in [0.25, 0.3) is 0 Å². The molecule has 2 saturated carbocycles. The Hall–Kier alpha value is -0.0800. The van der Waals surface area contributed by atoms with Crippen LogP contribution in [0, 0.1) is 29.1 Å². The van der Waals surface area contributed by atoms with Gasteiger partial charge in [0.15, 0.2) is 0 Å². The standard InChI is InChI=1S/C17H34N2/c1-12-7-8-13(9-14(12)11-18)10-17(2,3)15-5-4-6-16(15)19/h12-16H,4-11,18-19H2,1-3H3/t12-,13?,14-,15-,16+/m1/s1. The highest BCUT2D eigenvalue weighted by Crippen LogP contribution is 2.46. The first-order chi connectivity index (χ1) is 8.94. The van der Waals surface area contributed by atoms with Gasteiger partial charge in [-0.05, 0) is 61.3 Å². The molecule has 4 N–H and O–H groups in total. The zero-order chi connectivity index (χ0) is 14.0. The first kappa shape index (κ1) is 15.3. The Bertz CT molecular complexity index is 287. The third-order valence-corrected chi connectivity index (χ3v) is 6.16. The van der Waals surface area contributed by atoms with Crippen molar-refractivity contribution in [2.24, 2.45) is 40.6 Å². The predicted molar refractivity (Wildman–Crippen MR) is 82.8 cm³/mol. The van der Waals surface area contributed by atoms with Crippen LogP contribution in [0.4, 0.5) is 0 Å². The van der Waals surface area contributed by atoms with E-state index in [9.17, 15) is 0 Å². The van der Waals surface area contributed by atoms with Crippen molar-refractivity contribution in [3.63, 3.8) is 0 Å². The molecule has 0 bridgehead atoms. The molecule has 0 spiro atoms. The van der Waals surface area contributed by atoms with Gasteiger partial charge in [-0.25, -0.2) is 0 Å². The van der Waals surface area contributed by atoms with Gasteiger partial charge in [0.2, 0.25) is 0 Å². The average Bonchev–Trinajstić information content (AvgIpc) is 2.78. The molecule has 0 aromatic carbocycles. The number of rotatable bonds is 4. The van der Waals surface area contributed by atoms with Crippen molar-refractivity contribution in [2.45, 2.75) is 71.8 Å². The molecule has 1 unspecified atom stereocenters. The van der Waals surface area contributed by atoms with Crippen molar-refractivity contribution in [1.29, 1.82) is 0 Å². The summed E-state index contributed by atoms with van der Waals surface area (Å²) in [5.74, 6) is 3.21. The molecule has 0 aliphatic heterocycles. The van der Waals surface area contributed by atoms with E-state index in [2.05, 4.69) is 20.8 Å². The van der Waals surface area contributed by atoms with Gasteiger partial charge in [0.05, 0.1) is 0 Å². The van der Waals surface area contributed by atoms with Crippen molar-refractivity contribution in [3.05, 3.63) is 0 Å². The van der Waals surface area contributed by atoms with Gasteiger partial charge in [0, 0.05) is 6.04 Å². The van der Waals surface area contributed by atoms with Gasteiger partial charge in [-0.3, -0.25) is 0 Å².